The van der Waals surface area contributed by atoms with Crippen LogP contribution in [0.5, 0.6) is 0 Å². The Balaban J connectivity index is 1.63. The fraction of sp³-hybridized carbons (Fsp3) is 0.950. The Morgan fingerprint density at radius 2 is 1.78 bits per heavy atom. The van der Waals surface area contributed by atoms with E-state index in [1.807, 2.05) is 7.11 Å². The molecule has 0 unspecified atom stereocenters. The van der Waals surface area contributed by atoms with Crippen LogP contribution in [-0.4, -0.2) is 23.8 Å². The monoisotopic (exact) mass is 382 g/mol. The molecule has 8 atom stereocenters. The van der Waals surface area contributed by atoms with Crippen molar-refractivity contribution < 1.29 is 9.53 Å². The summed E-state index contributed by atoms with van der Waals surface area (Å²) in [6.45, 7) is 5.02. The molecule has 4 aliphatic carbocycles. The van der Waals surface area contributed by atoms with Crippen molar-refractivity contribution in [2.75, 3.05) is 7.11 Å². The fourth-order valence-electron chi connectivity index (χ4n) is 7.40. The molecule has 0 aliphatic heterocycles. The molecule has 4 aliphatic rings. The van der Waals surface area contributed by atoms with Gasteiger partial charge in [0.05, 0.1) is 10.9 Å². The molecule has 0 heterocycles. The van der Waals surface area contributed by atoms with Gasteiger partial charge in [0.2, 0.25) is 0 Å². The third-order valence-corrected chi connectivity index (χ3v) is 9.51. The molecule has 0 bridgehead atoms. The van der Waals surface area contributed by atoms with Crippen LogP contribution >= 0.6 is 15.9 Å². The van der Waals surface area contributed by atoms with Gasteiger partial charge in [-0.05, 0) is 79.4 Å². The van der Waals surface area contributed by atoms with Gasteiger partial charge in [-0.15, -0.1) is 0 Å². The van der Waals surface area contributed by atoms with Gasteiger partial charge in [-0.1, -0.05) is 29.8 Å². The molecular weight excluding hydrogens is 352 g/mol. The SMILES string of the molecule is CO[C@H]1CC[C@H]2[C@@H]3CC[C@H]4CC(=O)[C@H](Br)C[C@]4(C)[C@H]3CC[C@]12C. The molecule has 4 saturated carbocycles. The Bertz CT molecular complexity index is 506. The van der Waals surface area contributed by atoms with Crippen molar-refractivity contribution in [3.63, 3.8) is 0 Å². The molecule has 0 spiro atoms. The number of carbonyl (C=O) groups excluding carboxylic acids is 1. The van der Waals surface area contributed by atoms with E-state index in [0.29, 0.717) is 28.6 Å². The summed E-state index contributed by atoms with van der Waals surface area (Å²) in [7, 11) is 1.91. The van der Waals surface area contributed by atoms with E-state index in [4.69, 9.17) is 4.74 Å². The minimum Gasteiger partial charge on any atom is -0.381 e. The van der Waals surface area contributed by atoms with E-state index in [0.717, 1.165) is 30.6 Å². The number of Topliss-reactive ketones (excluding diaryl/α,β-unsaturated/α-hetero) is 1. The lowest BCUT2D eigenvalue weighted by Gasteiger charge is -2.60. The van der Waals surface area contributed by atoms with E-state index in [2.05, 4.69) is 29.8 Å². The molecule has 4 rings (SSSR count). The standard InChI is InChI=1S/C20H31BrO2/c1-19-9-8-15-13(14(19)6-7-18(19)23-3)5-4-12-10-17(22)16(21)11-20(12,15)2/h12-16,18H,4-11H2,1-3H3/t12-,13-,14-,15-,16+,18-,19-,20-/m0/s1. The summed E-state index contributed by atoms with van der Waals surface area (Å²) < 4.78 is 5.87. The Kier molecular flexibility index (Phi) is 4.00. The summed E-state index contributed by atoms with van der Waals surface area (Å²) in [6.07, 6.45) is 10.2. The largest absolute Gasteiger partial charge is 0.381 e. The van der Waals surface area contributed by atoms with Crippen LogP contribution in [0.1, 0.15) is 65.2 Å². The maximum absolute atomic E-state index is 12.2. The first-order valence-corrected chi connectivity index (χ1v) is 10.5. The summed E-state index contributed by atoms with van der Waals surface area (Å²) in [4.78, 5) is 12.3. The Hall–Kier alpha value is 0.110. The van der Waals surface area contributed by atoms with Gasteiger partial charge in [0, 0.05) is 13.5 Å². The summed E-state index contributed by atoms with van der Waals surface area (Å²) in [5.41, 5.74) is 0.773. The second-order valence-electron chi connectivity index (χ2n) is 9.35. The molecule has 0 aromatic rings. The summed E-state index contributed by atoms with van der Waals surface area (Å²) in [5.74, 6) is 3.61. The lowest BCUT2D eigenvalue weighted by molar-refractivity contribution is -0.142. The highest BCUT2D eigenvalue weighted by Gasteiger charge is 2.61. The van der Waals surface area contributed by atoms with Crippen LogP contribution < -0.4 is 0 Å². The number of carbonyl (C=O) groups is 1. The predicted octanol–water partition coefficient (Wildman–Crippen LogP) is 4.99. The van der Waals surface area contributed by atoms with Crippen LogP contribution in [0.15, 0.2) is 0 Å². The summed E-state index contributed by atoms with van der Waals surface area (Å²) in [6, 6.07) is 0. The molecule has 0 saturated heterocycles. The zero-order chi connectivity index (χ0) is 16.4. The smallest absolute Gasteiger partial charge is 0.146 e. The Morgan fingerprint density at radius 3 is 2.52 bits per heavy atom. The molecule has 130 valence electrons. The quantitative estimate of drug-likeness (QED) is 0.597. The van der Waals surface area contributed by atoms with Crippen molar-refractivity contribution in [1.29, 1.82) is 0 Å². The van der Waals surface area contributed by atoms with Gasteiger partial charge in [-0.3, -0.25) is 4.79 Å². The maximum Gasteiger partial charge on any atom is 0.146 e. The normalized spacial score (nSPS) is 55.9. The van der Waals surface area contributed by atoms with Crippen molar-refractivity contribution in [2.45, 2.75) is 76.1 Å². The first kappa shape index (κ1) is 16.6. The molecular formula is C20H31BrO2. The number of hydrogen-bond acceptors (Lipinski definition) is 2. The van der Waals surface area contributed by atoms with Crippen molar-refractivity contribution in [2.24, 2.45) is 34.5 Å². The van der Waals surface area contributed by atoms with Gasteiger partial charge in [0.15, 0.2) is 0 Å². The van der Waals surface area contributed by atoms with E-state index in [1.165, 1.54) is 38.5 Å². The van der Waals surface area contributed by atoms with Crippen LogP contribution in [0.25, 0.3) is 0 Å². The topological polar surface area (TPSA) is 26.3 Å². The highest BCUT2D eigenvalue weighted by Crippen LogP contribution is 2.66. The first-order chi connectivity index (χ1) is 10.9. The average Bonchev–Trinajstić information content (AvgIpc) is 2.85. The molecule has 0 N–H and O–H groups in total. The van der Waals surface area contributed by atoms with Gasteiger partial charge < -0.3 is 4.74 Å². The van der Waals surface area contributed by atoms with E-state index >= 15 is 0 Å². The lowest BCUT2D eigenvalue weighted by atomic mass is 9.45. The number of ketones is 1. The Morgan fingerprint density at radius 1 is 1.04 bits per heavy atom. The van der Waals surface area contributed by atoms with Crippen LogP contribution in [0.2, 0.25) is 0 Å². The minimum atomic E-state index is 0.103. The van der Waals surface area contributed by atoms with E-state index < -0.39 is 0 Å². The average molecular weight is 383 g/mol. The number of rotatable bonds is 1. The number of fused-ring (bicyclic) bond motifs is 5. The molecule has 0 aromatic carbocycles. The number of halogens is 1. The second-order valence-corrected chi connectivity index (χ2v) is 10.5. The number of alkyl halides is 1. The molecule has 0 amide bonds. The van der Waals surface area contributed by atoms with Crippen molar-refractivity contribution >= 4 is 21.7 Å². The molecule has 3 heteroatoms. The van der Waals surface area contributed by atoms with Crippen LogP contribution in [0.3, 0.4) is 0 Å². The Labute approximate surface area is 149 Å². The highest BCUT2D eigenvalue weighted by molar-refractivity contribution is 9.10. The molecule has 2 nitrogen and oxygen atoms in total. The van der Waals surface area contributed by atoms with E-state index in [9.17, 15) is 4.79 Å². The third kappa shape index (κ3) is 2.25. The maximum atomic E-state index is 12.2. The van der Waals surface area contributed by atoms with Crippen LogP contribution in [-0.2, 0) is 9.53 Å². The molecule has 0 aromatic heterocycles. The fourth-order valence-corrected chi connectivity index (χ4v) is 8.28. The number of methoxy groups -OCH3 is 1. The third-order valence-electron chi connectivity index (χ3n) is 8.68. The second kappa shape index (κ2) is 5.56. The first-order valence-electron chi connectivity index (χ1n) is 9.59. The predicted molar refractivity (Wildman–Crippen MR) is 95.6 cm³/mol. The van der Waals surface area contributed by atoms with E-state index in [1.54, 1.807) is 0 Å². The summed E-state index contributed by atoms with van der Waals surface area (Å²) in [5, 5.41) is 0. The van der Waals surface area contributed by atoms with Crippen molar-refractivity contribution in [3.05, 3.63) is 0 Å². The molecule has 4 fully saturated rings. The van der Waals surface area contributed by atoms with E-state index in [-0.39, 0.29) is 4.83 Å². The minimum absolute atomic E-state index is 0.103. The molecule has 23 heavy (non-hydrogen) atoms. The van der Waals surface area contributed by atoms with Gasteiger partial charge in [0.25, 0.3) is 0 Å². The number of hydrogen-bond donors (Lipinski definition) is 0. The summed E-state index contributed by atoms with van der Waals surface area (Å²) >= 11 is 3.69. The van der Waals surface area contributed by atoms with Crippen molar-refractivity contribution in [3.8, 4) is 0 Å². The van der Waals surface area contributed by atoms with Gasteiger partial charge in [0.1, 0.15) is 5.78 Å². The lowest BCUT2D eigenvalue weighted by Crippen LogP contribution is -2.55. The number of ether oxygens (including phenoxy) is 1. The zero-order valence-corrected chi connectivity index (χ0v) is 16.4. The molecule has 0 radical (unpaired) electrons. The van der Waals surface area contributed by atoms with Crippen LogP contribution in [0, 0.1) is 34.5 Å². The zero-order valence-electron chi connectivity index (χ0n) is 14.8. The van der Waals surface area contributed by atoms with Crippen molar-refractivity contribution in [1.82, 2.24) is 0 Å². The van der Waals surface area contributed by atoms with Gasteiger partial charge in [-0.2, -0.15) is 0 Å². The van der Waals surface area contributed by atoms with Gasteiger partial charge in [-0.25, -0.2) is 0 Å². The van der Waals surface area contributed by atoms with Crippen LogP contribution in [0.4, 0.5) is 0 Å². The highest BCUT2D eigenvalue weighted by atomic mass is 79.9. The van der Waals surface area contributed by atoms with Gasteiger partial charge >= 0.3 is 0 Å².